The van der Waals surface area contributed by atoms with Crippen LogP contribution in [0.4, 0.5) is 0 Å². The van der Waals surface area contributed by atoms with Crippen LogP contribution in [0.25, 0.3) is 0 Å². The molecule has 7 heteroatoms. The number of amides is 1. The van der Waals surface area contributed by atoms with Gasteiger partial charge in [0.2, 0.25) is 11.8 Å². The number of hydrogen-bond donors (Lipinski definition) is 0. The summed E-state index contributed by atoms with van der Waals surface area (Å²) in [7, 11) is 0. The van der Waals surface area contributed by atoms with Gasteiger partial charge >= 0.3 is 0 Å². The molecule has 0 spiro atoms. The molecule has 0 bridgehead atoms. The first-order chi connectivity index (χ1) is 10.5. The lowest BCUT2D eigenvalue weighted by atomic mass is 10.1. The number of carbonyl (C=O) groups is 1. The van der Waals surface area contributed by atoms with E-state index in [1.54, 1.807) is 11.1 Å². The van der Waals surface area contributed by atoms with Gasteiger partial charge in [-0.05, 0) is 41.9 Å². The topological polar surface area (TPSA) is 68.5 Å². The van der Waals surface area contributed by atoms with E-state index in [2.05, 4.69) is 26.1 Å². The molecule has 0 N–H and O–H groups in total. The molecule has 2 aromatic heterocycles. The van der Waals surface area contributed by atoms with Crippen LogP contribution in [-0.4, -0.2) is 40.1 Å². The largest absolute Gasteiger partial charge is 0.470 e. The van der Waals surface area contributed by atoms with Crippen LogP contribution in [0, 0.1) is 13.8 Å². The fourth-order valence-electron chi connectivity index (χ4n) is 2.35. The van der Waals surface area contributed by atoms with E-state index in [1.807, 2.05) is 26.0 Å². The second-order valence-corrected chi connectivity index (χ2v) is 6.16. The Kier molecular flexibility index (Phi) is 4.15. The lowest BCUT2D eigenvalue weighted by Gasteiger charge is -2.38. The Morgan fingerprint density at radius 1 is 1.50 bits per heavy atom. The number of pyridine rings is 1. The van der Waals surface area contributed by atoms with Crippen molar-refractivity contribution in [2.45, 2.75) is 26.4 Å². The molecule has 1 aliphatic heterocycles. The maximum absolute atomic E-state index is 12.2. The molecular formula is C15H16BrN3O3. The minimum absolute atomic E-state index is 0.0141. The molecule has 0 atom stereocenters. The first kappa shape index (κ1) is 15.0. The first-order valence-corrected chi connectivity index (χ1v) is 7.80. The van der Waals surface area contributed by atoms with Crippen LogP contribution in [0.3, 0.4) is 0 Å². The lowest BCUT2D eigenvalue weighted by Crippen LogP contribution is -2.56. The molecule has 3 rings (SSSR count). The summed E-state index contributed by atoms with van der Waals surface area (Å²) in [5.41, 5.74) is 1.65. The third-order valence-corrected chi connectivity index (χ3v) is 4.32. The van der Waals surface area contributed by atoms with Crippen molar-refractivity contribution in [2.75, 3.05) is 13.1 Å². The molecular weight excluding hydrogens is 350 g/mol. The number of likely N-dealkylation sites (tertiary alicyclic amines) is 1. The summed E-state index contributed by atoms with van der Waals surface area (Å²) in [6, 6.07) is 3.71. The van der Waals surface area contributed by atoms with Crippen LogP contribution in [-0.2, 0) is 11.2 Å². The minimum atomic E-state index is -0.0141. The molecule has 0 aliphatic carbocycles. The van der Waals surface area contributed by atoms with Gasteiger partial charge in [-0.2, -0.15) is 0 Å². The van der Waals surface area contributed by atoms with Gasteiger partial charge in [-0.1, -0.05) is 5.16 Å². The Hall–Kier alpha value is -1.89. The highest BCUT2D eigenvalue weighted by Crippen LogP contribution is 2.25. The zero-order chi connectivity index (χ0) is 15.7. The zero-order valence-electron chi connectivity index (χ0n) is 12.4. The number of ether oxygens (including phenoxy) is 1. The molecule has 3 heterocycles. The monoisotopic (exact) mass is 365 g/mol. The zero-order valence-corrected chi connectivity index (χ0v) is 14.0. The molecule has 6 nitrogen and oxygen atoms in total. The van der Waals surface area contributed by atoms with E-state index >= 15 is 0 Å². The summed E-state index contributed by atoms with van der Waals surface area (Å²) < 4.78 is 11.7. The Bertz CT molecular complexity index is 676. The molecule has 1 amide bonds. The number of rotatable bonds is 4. The van der Waals surface area contributed by atoms with Crippen molar-refractivity contribution in [2.24, 2.45) is 0 Å². The second kappa shape index (κ2) is 6.08. The Morgan fingerprint density at radius 2 is 2.27 bits per heavy atom. The van der Waals surface area contributed by atoms with E-state index in [0.29, 0.717) is 31.2 Å². The van der Waals surface area contributed by atoms with Crippen molar-refractivity contribution in [1.82, 2.24) is 15.0 Å². The van der Waals surface area contributed by atoms with E-state index in [4.69, 9.17) is 9.26 Å². The third-order valence-electron chi connectivity index (χ3n) is 3.71. The van der Waals surface area contributed by atoms with Gasteiger partial charge in [-0.3, -0.25) is 4.79 Å². The molecule has 1 aliphatic rings. The summed E-state index contributed by atoms with van der Waals surface area (Å²) >= 11 is 3.39. The number of aryl methyl sites for hydroxylation is 2. The molecule has 0 radical (unpaired) electrons. The SMILES string of the molecule is Cc1noc(C)c1CC(=O)N1CC(Oc2ncccc2Br)C1. The molecule has 0 saturated carbocycles. The van der Waals surface area contributed by atoms with Crippen molar-refractivity contribution in [3.8, 4) is 5.88 Å². The van der Waals surface area contributed by atoms with Crippen LogP contribution >= 0.6 is 15.9 Å². The smallest absolute Gasteiger partial charge is 0.228 e. The summed E-state index contributed by atoms with van der Waals surface area (Å²) in [4.78, 5) is 18.2. The molecule has 0 aromatic carbocycles. The van der Waals surface area contributed by atoms with Crippen LogP contribution < -0.4 is 4.74 Å². The highest BCUT2D eigenvalue weighted by molar-refractivity contribution is 9.10. The summed E-state index contributed by atoms with van der Waals surface area (Å²) in [5, 5.41) is 3.87. The van der Waals surface area contributed by atoms with Gasteiger partial charge in [0, 0.05) is 11.8 Å². The normalized spacial score (nSPS) is 14.8. The third kappa shape index (κ3) is 2.99. The first-order valence-electron chi connectivity index (χ1n) is 7.01. The van der Waals surface area contributed by atoms with Crippen LogP contribution in [0.2, 0.25) is 0 Å². The maximum Gasteiger partial charge on any atom is 0.228 e. The van der Waals surface area contributed by atoms with Crippen molar-refractivity contribution >= 4 is 21.8 Å². The average Bonchev–Trinajstić information content (AvgIpc) is 2.76. The molecule has 116 valence electrons. The quantitative estimate of drug-likeness (QED) is 0.831. The van der Waals surface area contributed by atoms with Crippen molar-refractivity contribution < 1.29 is 14.1 Å². The Morgan fingerprint density at radius 3 is 2.91 bits per heavy atom. The van der Waals surface area contributed by atoms with E-state index < -0.39 is 0 Å². The molecule has 22 heavy (non-hydrogen) atoms. The fraction of sp³-hybridized carbons (Fsp3) is 0.400. The summed E-state index contributed by atoms with van der Waals surface area (Å²) in [6.45, 7) is 4.82. The van der Waals surface area contributed by atoms with Gasteiger partial charge < -0.3 is 14.2 Å². The van der Waals surface area contributed by atoms with Gasteiger partial charge in [0.1, 0.15) is 11.9 Å². The molecule has 1 saturated heterocycles. The minimum Gasteiger partial charge on any atom is -0.470 e. The summed E-state index contributed by atoms with van der Waals surface area (Å²) in [6.07, 6.45) is 1.99. The molecule has 1 fully saturated rings. The predicted octanol–water partition coefficient (Wildman–Crippen LogP) is 2.28. The maximum atomic E-state index is 12.2. The van der Waals surface area contributed by atoms with E-state index in [0.717, 1.165) is 15.7 Å². The Labute approximate surface area is 136 Å². The molecule has 2 aromatic rings. The van der Waals surface area contributed by atoms with Gasteiger partial charge in [0.05, 0.1) is 29.7 Å². The van der Waals surface area contributed by atoms with Crippen LogP contribution in [0.15, 0.2) is 27.3 Å². The van der Waals surface area contributed by atoms with Crippen molar-refractivity contribution in [1.29, 1.82) is 0 Å². The van der Waals surface area contributed by atoms with Gasteiger partial charge in [0.15, 0.2) is 0 Å². The summed E-state index contributed by atoms with van der Waals surface area (Å²) in [5.74, 6) is 1.33. The number of aromatic nitrogens is 2. The standard InChI is InChI=1S/C15H16BrN3O3/c1-9-12(10(2)22-18-9)6-14(20)19-7-11(8-19)21-15-13(16)4-3-5-17-15/h3-5,11H,6-8H2,1-2H3. The highest BCUT2D eigenvalue weighted by atomic mass is 79.9. The van der Waals surface area contributed by atoms with Gasteiger partial charge in [0.25, 0.3) is 0 Å². The van der Waals surface area contributed by atoms with Crippen molar-refractivity contribution in [3.63, 3.8) is 0 Å². The van der Waals surface area contributed by atoms with Gasteiger partial charge in [-0.15, -0.1) is 0 Å². The van der Waals surface area contributed by atoms with E-state index in [9.17, 15) is 4.79 Å². The highest BCUT2D eigenvalue weighted by Gasteiger charge is 2.33. The number of nitrogens with zero attached hydrogens (tertiary/aromatic N) is 3. The number of carbonyl (C=O) groups excluding carboxylic acids is 1. The van der Waals surface area contributed by atoms with Gasteiger partial charge in [-0.25, -0.2) is 4.98 Å². The van der Waals surface area contributed by atoms with E-state index in [1.165, 1.54) is 0 Å². The Balaban J connectivity index is 1.53. The fourth-order valence-corrected chi connectivity index (χ4v) is 2.70. The molecule has 0 unspecified atom stereocenters. The van der Waals surface area contributed by atoms with Crippen molar-refractivity contribution in [3.05, 3.63) is 39.8 Å². The van der Waals surface area contributed by atoms with E-state index in [-0.39, 0.29) is 12.0 Å². The second-order valence-electron chi connectivity index (χ2n) is 5.31. The number of hydrogen-bond acceptors (Lipinski definition) is 5. The number of halogens is 1. The van der Waals surface area contributed by atoms with Crippen LogP contribution in [0.1, 0.15) is 17.0 Å². The predicted molar refractivity (Wildman–Crippen MR) is 82.6 cm³/mol. The van der Waals surface area contributed by atoms with Crippen LogP contribution in [0.5, 0.6) is 5.88 Å². The average molecular weight is 366 g/mol. The lowest BCUT2D eigenvalue weighted by molar-refractivity contribution is -0.139.